The van der Waals surface area contributed by atoms with Gasteiger partial charge in [-0.25, -0.2) is 17.5 Å². The number of halogens is 1. The zero-order chi connectivity index (χ0) is 13.9. The highest BCUT2D eigenvalue weighted by Crippen LogP contribution is 2.17. The van der Waals surface area contributed by atoms with E-state index in [0.717, 1.165) is 6.07 Å². The minimum absolute atomic E-state index is 0.0161. The highest BCUT2D eigenvalue weighted by atomic mass is 32.2. The summed E-state index contributed by atoms with van der Waals surface area (Å²) in [6.07, 6.45) is 3.07. The predicted octanol–water partition coefficient (Wildman–Crippen LogP) is 0.486. The molecule has 1 heterocycles. The van der Waals surface area contributed by atoms with Gasteiger partial charge in [0.2, 0.25) is 10.0 Å². The molecular formula is C11H13FN4O2S. The number of rotatable bonds is 5. The molecule has 1 aromatic carbocycles. The Balaban J connectivity index is 2.26. The Hall–Kier alpha value is -1.77. The Labute approximate surface area is 109 Å². The van der Waals surface area contributed by atoms with Crippen molar-refractivity contribution in [3.63, 3.8) is 0 Å². The number of H-pyrrole nitrogens is 1. The summed E-state index contributed by atoms with van der Waals surface area (Å²) in [4.78, 5) is -0.140. The summed E-state index contributed by atoms with van der Waals surface area (Å²) >= 11 is 0. The Morgan fingerprint density at radius 2 is 2.21 bits per heavy atom. The monoisotopic (exact) mass is 284 g/mol. The molecule has 6 nitrogen and oxygen atoms in total. The summed E-state index contributed by atoms with van der Waals surface area (Å²) in [6, 6.07) is 3.50. The molecule has 0 aliphatic heterocycles. The van der Waals surface area contributed by atoms with E-state index in [2.05, 4.69) is 14.9 Å². The third-order valence-corrected chi connectivity index (χ3v) is 4.04. The van der Waals surface area contributed by atoms with E-state index in [0.29, 0.717) is 11.1 Å². The van der Waals surface area contributed by atoms with Crippen LogP contribution in [0.1, 0.15) is 11.1 Å². The molecule has 0 unspecified atom stereocenters. The Morgan fingerprint density at radius 3 is 2.84 bits per heavy atom. The number of nitrogens with one attached hydrogen (secondary N) is 2. The van der Waals surface area contributed by atoms with E-state index < -0.39 is 15.8 Å². The third-order valence-electron chi connectivity index (χ3n) is 2.56. The van der Waals surface area contributed by atoms with Crippen molar-refractivity contribution in [2.45, 2.75) is 18.0 Å². The van der Waals surface area contributed by atoms with Crippen molar-refractivity contribution < 1.29 is 12.8 Å². The molecule has 0 saturated heterocycles. The topological polar surface area (TPSA) is 101 Å². The van der Waals surface area contributed by atoms with Gasteiger partial charge in [0.05, 0.1) is 11.1 Å². The first-order valence-corrected chi connectivity index (χ1v) is 6.97. The maximum atomic E-state index is 13.2. The summed E-state index contributed by atoms with van der Waals surface area (Å²) in [7, 11) is -3.81. The molecule has 0 spiro atoms. The average Bonchev–Trinajstić information content (AvgIpc) is 2.89. The molecule has 19 heavy (non-hydrogen) atoms. The maximum Gasteiger partial charge on any atom is 0.241 e. The van der Waals surface area contributed by atoms with Gasteiger partial charge in [0.25, 0.3) is 0 Å². The van der Waals surface area contributed by atoms with E-state index in [-0.39, 0.29) is 18.0 Å². The van der Waals surface area contributed by atoms with Crippen molar-refractivity contribution in [3.05, 3.63) is 47.5 Å². The highest BCUT2D eigenvalue weighted by Gasteiger charge is 2.18. The summed E-state index contributed by atoms with van der Waals surface area (Å²) < 4.78 is 39.7. The molecular weight excluding hydrogens is 271 g/mol. The smallest absolute Gasteiger partial charge is 0.241 e. The van der Waals surface area contributed by atoms with Crippen LogP contribution in [0.5, 0.6) is 0 Å². The molecule has 4 N–H and O–H groups in total. The van der Waals surface area contributed by atoms with Crippen LogP contribution in [0.4, 0.5) is 4.39 Å². The summed E-state index contributed by atoms with van der Waals surface area (Å²) in [6.45, 7) is 0.0849. The van der Waals surface area contributed by atoms with Crippen molar-refractivity contribution in [2.24, 2.45) is 5.73 Å². The summed E-state index contributed by atoms with van der Waals surface area (Å²) in [5, 5.41) is 6.28. The van der Waals surface area contributed by atoms with Gasteiger partial charge in [-0.2, -0.15) is 5.10 Å². The third kappa shape index (κ3) is 3.16. The van der Waals surface area contributed by atoms with Gasteiger partial charge in [-0.05, 0) is 17.7 Å². The van der Waals surface area contributed by atoms with Crippen LogP contribution in [-0.4, -0.2) is 18.6 Å². The molecule has 0 fully saturated rings. The Morgan fingerprint density at radius 1 is 1.42 bits per heavy atom. The predicted molar refractivity (Wildman–Crippen MR) is 66.9 cm³/mol. The van der Waals surface area contributed by atoms with Crippen molar-refractivity contribution in [1.29, 1.82) is 0 Å². The number of nitrogens with zero attached hydrogens (tertiary/aromatic N) is 1. The number of aromatic amines is 1. The molecule has 2 aromatic rings. The molecule has 0 bridgehead atoms. The molecule has 0 aliphatic carbocycles. The maximum absolute atomic E-state index is 13.2. The molecule has 0 atom stereocenters. The fourth-order valence-electron chi connectivity index (χ4n) is 1.58. The van der Waals surface area contributed by atoms with E-state index >= 15 is 0 Å². The fourth-order valence-corrected chi connectivity index (χ4v) is 2.85. The summed E-state index contributed by atoms with van der Waals surface area (Å²) in [5.74, 6) is -0.624. The number of aromatic nitrogens is 2. The Bertz CT molecular complexity index is 655. The summed E-state index contributed by atoms with van der Waals surface area (Å²) in [5.41, 5.74) is 6.50. The van der Waals surface area contributed by atoms with E-state index in [1.807, 2.05) is 0 Å². The van der Waals surface area contributed by atoms with Gasteiger partial charge in [-0.1, -0.05) is 6.07 Å². The molecule has 0 aliphatic rings. The first kappa shape index (κ1) is 13.7. The number of nitrogens with two attached hydrogens (primary N) is 1. The second kappa shape index (κ2) is 5.47. The molecule has 1 aromatic heterocycles. The molecule has 102 valence electrons. The quantitative estimate of drug-likeness (QED) is 0.743. The number of benzene rings is 1. The lowest BCUT2D eigenvalue weighted by molar-refractivity contribution is 0.575. The second-order valence-electron chi connectivity index (χ2n) is 3.89. The van der Waals surface area contributed by atoms with Gasteiger partial charge in [0.15, 0.2) is 0 Å². The van der Waals surface area contributed by atoms with Crippen LogP contribution in [0.15, 0.2) is 35.5 Å². The average molecular weight is 284 g/mol. The minimum atomic E-state index is -3.81. The molecule has 8 heteroatoms. The van der Waals surface area contributed by atoms with Crippen LogP contribution in [0.25, 0.3) is 0 Å². The van der Waals surface area contributed by atoms with E-state index in [1.54, 1.807) is 6.20 Å². The largest absolute Gasteiger partial charge is 0.326 e. The number of hydrogen-bond donors (Lipinski definition) is 3. The zero-order valence-corrected chi connectivity index (χ0v) is 10.7. The first-order valence-electron chi connectivity index (χ1n) is 5.49. The van der Waals surface area contributed by atoms with Gasteiger partial charge in [-0.15, -0.1) is 0 Å². The van der Waals surface area contributed by atoms with E-state index in [9.17, 15) is 12.8 Å². The van der Waals surface area contributed by atoms with Gasteiger partial charge in [-0.3, -0.25) is 5.10 Å². The van der Waals surface area contributed by atoms with Crippen molar-refractivity contribution in [2.75, 3.05) is 0 Å². The van der Waals surface area contributed by atoms with Gasteiger partial charge in [0, 0.05) is 24.8 Å². The van der Waals surface area contributed by atoms with E-state index in [1.165, 1.54) is 18.3 Å². The van der Waals surface area contributed by atoms with Crippen LogP contribution < -0.4 is 10.5 Å². The Kier molecular flexibility index (Phi) is 3.93. The minimum Gasteiger partial charge on any atom is -0.326 e. The van der Waals surface area contributed by atoms with Crippen LogP contribution in [0.2, 0.25) is 0 Å². The van der Waals surface area contributed by atoms with Crippen molar-refractivity contribution >= 4 is 10.0 Å². The molecule has 2 rings (SSSR count). The zero-order valence-electron chi connectivity index (χ0n) is 9.93. The van der Waals surface area contributed by atoms with E-state index in [4.69, 9.17) is 5.73 Å². The SMILES string of the molecule is NCc1ccc(F)cc1S(=O)(=O)NCc1cn[nH]c1. The normalized spacial score (nSPS) is 11.7. The lowest BCUT2D eigenvalue weighted by Crippen LogP contribution is -2.24. The van der Waals surface area contributed by atoms with Gasteiger partial charge >= 0.3 is 0 Å². The van der Waals surface area contributed by atoms with Gasteiger partial charge in [0.1, 0.15) is 5.82 Å². The van der Waals surface area contributed by atoms with Crippen LogP contribution in [0, 0.1) is 5.82 Å². The number of sulfonamides is 1. The second-order valence-corrected chi connectivity index (χ2v) is 5.62. The van der Waals surface area contributed by atoms with Crippen LogP contribution in [-0.2, 0) is 23.1 Å². The highest BCUT2D eigenvalue weighted by molar-refractivity contribution is 7.89. The molecule has 0 radical (unpaired) electrons. The van der Waals surface area contributed by atoms with Crippen LogP contribution in [0.3, 0.4) is 0 Å². The number of hydrogen-bond acceptors (Lipinski definition) is 4. The standard InChI is InChI=1S/C11H13FN4O2S/c12-10-2-1-9(4-13)11(3-10)19(17,18)16-7-8-5-14-15-6-8/h1-3,5-6,16H,4,7,13H2,(H,14,15). The lowest BCUT2D eigenvalue weighted by atomic mass is 10.2. The van der Waals surface area contributed by atoms with Gasteiger partial charge < -0.3 is 5.73 Å². The van der Waals surface area contributed by atoms with Crippen molar-refractivity contribution in [3.8, 4) is 0 Å². The first-order chi connectivity index (χ1) is 9.03. The fraction of sp³-hybridized carbons (Fsp3) is 0.182. The van der Waals surface area contributed by atoms with Crippen molar-refractivity contribution in [1.82, 2.24) is 14.9 Å². The molecule has 0 saturated carbocycles. The van der Waals surface area contributed by atoms with Crippen LogP contribution >= 0.6 is 0 Å². The molecule has 0 amide bonds. The lowest BCUT2D eigenvalue weighted by Gasteiger charge is -2.10.